The highest BCUT2D eigenvalue weighted by Crippen LogP contribution is 2.19. The summed E-state index contributed by atoms with van der Waals surface area (Å²) in [5, 5.41) is 0.975. The molecule has 26 heavy (non-hydrogen) atoms. The van der Waals surface area contributed by atoms with E-state index in [2.05, 4.69) is 15.0 Å². The fourth-order valence-corrected chi connectivity index (χ4v) is 3.31. The standard InChI is InChI=1S/C20H20N4O2/c25-20(16-3-6-19-15(12-16)2-1-7-23-19)24-10-11-26-14-18(24)5-4-17-13-21-8-9-22-17/h1-3,6-9,12-13,18H,4-5,10-11,14H2. The minimum Gasteiger partial charge on any atom is -0.377 e. The molecule has 6 heteroatoms. The Balaban J connectivity index is 1.51. The third-order valence-electron chi connectivity index (χ3n) is 4.69. The molecule has 1 amide bonds. The minimum absolute atomic E-state index is 0.0443. The van der Waals surface area contributed by atoms with E-state index in [4.69, 9.17) is 4.74 Å². The van der Waals surface area contributed by atoms with E-state index >= 15 is 0 Å². The molecule has 1 aliphatic heterocycles. The highest BCUT2D eigenvalue weighted by Gasteiger charge is 2.28. The quantitative estimate of drug-likeness (QED) is 0.725. The van der Waals surface area contributed by atoms with Gasteiger partial charge in [-0.05, 0) is 37.1 Å². The van der Waals surface area contributed by atoms with Crippen LogP contribution in [0.4, 0.5) is 0 Å². The molecule has 3 heterocycles. The zero-order valence-electron chi connectivity index (χ0n) is 14.4. The van der Waals surface area contributed by atoms with Crippen molar-refractivity contribution in [2.75, 3.05) is 19.8 Å². The minimum atomic E-state index is 0.0443. The van der Waals surface area contributed by atoms with E-state index in [1.165, 1.54) is 0 Å². The molecule has 2 aromatic heterocycles. The van der Waals surface area contributed by atoms with Crippen molar-refractivity contribution in [2.24, 2.45) is 0 Å². The first kappa shape index (κ1) is 16.6. The van der Waals surface area contributed by atoms with Crippen molar-refractivity contribution in [3.63, 3.8) is 0 Å². The van der Waals surface area contributed by atoms with Gasteiger partial charge in [0.1, 0.15) is 0 Å². The first-order valence-corrected chi connectivity index (χ1v) is 8.79. The number of benzene rings is 1. The predicted molar refractivity (Wildman–Crippen MR) is 97.7 cm³/mol. The highest BCUT2D eigenvalue weighted by atomic mass is 16.5. The SMILES string of the molecule is O=C(c1ccc2ncccc2c1)N1CCOCC1CCc1cnccn1. The molecule has 0 spiro atoms. The largest absolute Gasteiger partial charge is 0.377 e. The maximum atomic E-state index is 13.1. The average Bonchev–Trinajstić information content (AvgIpc) is 2.72. The van der Waals surface area contributed by atoms with Crippen LogP contribution in [0.15, 0.2) is 55.1 Å². The predicted octanol–water partition coefficient (Wildman–Crippen LogP) is 2.50. The molecule has 3 aromatic rings. The van der Waals surface area contributed by atoms with Crippen LogP contribution in [0.1, 0.15) is 22.5 Å². The summed E-state index contributed by atoms with van der Waals surface area (Å²) in [7, 11) is 0. The number of aryl methyl sites for hydroxylation is 1. The summed E-state index contributed by atoms with van der Waals surface area (Å²) >= 11 is 0. The summed E-state index contributed by atoms with van der Waals surface area (Å²) in [6.45, 7) is 1.73. The number of fused-ring (bicyclic) bond motifs is 1. The lowest BCUT2D eigenvalue weighted by Crippen LogP contribution is -2.48. The molecular weight excluding hydrogens is 328 g/mol. The third-order valence-corrected chi connectivity index (χ3v) is 4.69. The second-order valence-corrected chi connectivity index (χ2v) is 6.37. The molecule has 1 saturated heterocycles. The van der Waals surface area contributed by atoms with E-state index in [1.54, 1.807) is 24.8 Å². The first-order chi connectivity index (χ1) is 12.8. The number of hydrogen-bond acceptors (Lipinski definition) is 5. The molecule has 6 nitrogen and oxygen atoms in total. The summed E-state index contributed by atoms with van der Waals surface area (Å²) in [5.41, 5.74) is 2.52. The van der Waals surface area contributed by atoms with Gasteiger partial charge in [-0.15, -0.1) is 0 Å². The van der Waals surface area contributed by atoms with Gasteiger partial charge in [0.15, 0.2) is 0 Å². The lowest BCUT2D eigenvalue weighted by Gasteiger charge is -2.35. The molecule has 0 saturated carbocycles. The summed E-state index contributed by atoms with van der Waals surface area (Å²) in [5.74, 6) is 0.0446. The molecule has 1 aromatic carbocycles. The summed E-state index contributed by atoms with van der Waals surface area (Å²) < 4.78 is 5.62. The smallest absolute Gasteiger partial charge is 0.254 e. The van der Waals surface area contributed by atoms with Gasteiger partial charge in [-0.1, -0.05) is 6.07 Å². The molecule has 132 valence electrons. The molecule has 1 fully saturated rings. The molecule has 1 atom stereocenters. The first-order valence-electron chi connectivity index (χ1n) is 8.79. The number of morpholine rings is 1. The van der Waals surface area contributed by atoms with Gasteiger partial charge in [0.25, 0.3) is 5.91 Å². The van der Waals surface area contributed by atoms with Gasteiger partial charge in [0.2, 0.25) is 0 Å². The van der Waals surface area contributed by atoms with Crippen LogP contribution in [0.25, 0.3) is 10.9 Å². The van der Waals surface area contributed by atoms with Crippen LogP contribution in [0.5, 0.6) is 0 Å². The monoisotopic (exact) mass is 348 g/mol. The fourth-order valence-electron chi connectivity index (χ4n) is 3.31. The number of carbonyl (C=O) groups excluding carboxylic acids is 1. The number of nitrogens with zero attached hydrogens (tertiary/aromatic N) is 4. The Morgan fingerprint density at radius 3 is 3.04 bits per heavy atom. The van der Waals surface area contributed by atoms with Crippen molar-refractivity contribution in [2.45, 2.75) is 18.9 Å². The van der Waals surface area contributed by atoms with Gasteiger partial charge >= 0.3 is 0 Å². The van der Waals surface area contributed by atoms with Gasteiger partial charge in [-0.3, -0.25) is 19.7 Å². The maximum Gasteiger partial charge on any atom is 0.254 e. The van der Waals surface area contributed by atoms with Crippen molar-refractivity contribution in [1.29, 1.82) is 0 Å². The Kier molecular flexibility index (Phi) is 4.84. The highest BCUT2D eigenvalue weighted by molar-refractivity contribution is 5.98. The number of aromatic nitrogens is 3. The molecule has 1 aliphatic rings. The lowest BCUT2D eigenvalue weighted by molar-refractivity contribution is -0.00412. The van der Waals surface area contributed by atoms with Crippen molar-refractivity contribution in [3.8, 4) is 0 Å². The Morgan fingerprint density at radius 2 is 2.15 bits per heavy atom. The van der Waals surface area contributed by atoms with Crippen molar-refractivity contribution in [1.82, 2.24) is 19.9 Å². The fraction of sp³-hybridized carbons (Fsp3) is 0.300. The Labute approximate surface area is 151 Å². The van der Waals surface area contributed by atoms with Crippen LogP contribution < -0.4 is 0 Å². The Bertz CT molecular complexity index is 900. The molecule has 1 unspecified atom stereocenters. The van der Waals surface area contributed by atoms with E-state index in [-0.39, 0.29) is 11.9 Å². The van der Waals surface area contributed by atoms with Crippen LogP contribution in [-0.4, -0.2) is 51.6 Å². The van der Waals surface area contributed by atoms with Gasteiger partial charge in [0.05, 0.1) is 30.5 Å². The molecule has 0 aliphatic carbocycles. The number of pyridine rings is 1. The number of rotatable bonds is 4. The molecule has 0 N–H and O–H groups in total. The number of carbonyl (C=O) groups is 1. The maximum absolute atomic E-state index is 13.1. The van der Waals surface area contributed by atoms with E-state index in [0.717, 1.165) is 29.4 Å². The summed E-state index contributed by atoms with van der Waals surface area (Å²) in [4.78, 5) is 27.7. The Morgan fingerprint density at radius 1 is 1.19 bits per heavy atom. The van der Waals surface area contributed by atoms with Crippen LogP contribution in [0.3, 0.4) is 0 Å². The number of amides is 1. The average molecular weight is 348 g/mol. The molecular formula is C20H20N4O2. The van der Waals surface area contributed by atoms with Crippen LogP contribution >= 0.6 is 0 Å². The summed E-state index contributed by atoms with van der Waals surface area (Å²) in [6.07, 6.45) is 8.46. The topological polar surface area (TPSA) is 68.2 Å². The summed E-state index contributed by atoms with van der Waals surface area (Å²) in [6, 6.07) is 9.58. The van der Waals surface area contributed by atoms with Crippen molar-refractivity contribution < 1.29 is 9.53 Å². The molecule has 4 rings (SSSR count). The van der Waals surface area contributed by atoms with Gasteiger partial charge in [-0.25, -0.2) is 0 Å². The van der Waals surface area contributed by atoms with Crippen molar-refractivity contribution >= 4 is 16.8 Å². The number of ether oxygens (including phenoxy) is 1. The normalized spacial score (nSPS) is 17.4. The second kappa shape index (κ2) is 7.58. The van der Waals surface area contributed by atoms with E-state index in [1.807, 2.05) is 35.2 Å². The second-order valence-electron chi connectivity index (χ2n) is 6.37. The van der Waals surface area contributed by atoms with Crippen molar-refractivity contribution in [3.05, 3.63) is 66.4 Å². The van der Waals surface area contributed by atoms with Crippen LogP contribution in [-0.2, 0) is 11.2 Å². The van der Waals surface area contributed by atoms with Crippen LogP contribution in [0.2, 0.25) is 0 Å². The number of hydrogen-bond donors (Lipinski definition) is 0. The third kappa shape index (κ3) is 3.55. The Hall–Kier alpha value is -2.86. The van der Waals surface area contributed by atoms with E-state index < -0.39 is 0 Å². The van der Waals surface area contributed by atoms with E-state index in [9.17, 15) is 4.79 Å². The zero-order valence-corrected chi connectivity index (χ0v) is 14.4. The van der Waals surface area contributed by atoms with E-state index in [0.29, 0.717) is 25.3 Å². The van der Waals surface area contributed by atoms with Gasteiger partial charge in [0, 0.05) is 42.3 Å². The van der Waals surface area contributed by atoms with Gasteiger partial charge in [-0.2, -0.15) is 0 Å². The molecule has 0 bridgehead atoms. The van der Waals surface area contributed by atoms with Crippen LogP contribution in [0, 0.1) is 0 Å². The lowest BCUT2D eigenvalue weighted by atomic mass is 10.0. The zero-order chi connectivity index (χ0) is 17.8. The van der Waals surface area contributed by atoms with Gasteiger partial charge < -0.3 is 9.64 Å². The molecule has 0 radical (unpaired) electrons.